The molecule has 0 aromatic carbocycles. The molecule has 0 aromatic heterocycles. The molecule has 3 rings (SSSR count). The van der Waals surface area contributed by atoms with Crippen molar-refractivity contribution in [3.05, 3.63) is 22.8 Å². The van der Waals surface area contributed by atoms with Crippen molar-refractivity contribution in [2.24, 2.45) is 5.92 Å². The van der Waals surface area contributed by atoms with Crippen molar-refractivity contribution in [2.75, 3.05) is 0 Å². The van der Waals surface area contributed by atoms with E-state index in [1.165, 1.54) is 13.0 Å². The van der Waals surface area contributed by atoms with Crippen molar-refractivity contribution in [1.29, 1.82) is 0 Å². The largest absolute Gasteiger partial charge is 0.459 e. The van der Waals surface area contributed by atoms with Gasteiger partial charge in [-0.1, -0.05) is 5.57 Å². The molecule has 3 N–H and O–H groups in total. The van der Waals surface area contributed by atoms with E-state index >= 15 is 0 Å². The van der Waals surface area contributed by atoms with Gasteiger partial charge in [-0.2, -0.15) is 0 Å². The third-order valence-corrected chi connectivity index (χ3v) is 6.73. The second kappa shape index (κ2) is 7.43. The van der Waals surface area contributed by atoms with Crippen LogP contribution in [0.2, 0.25) is 0 Å². The van der Waals surface area contributed by atoms with E-state index in [0.29, 0.717) is 16.7 Å². The fourth-order valence-corrected chi connectivity index (χ4v) is 5.12. The summed E-state index contributed by atoms with van der Waals surface area (Å²) in [5.41, 5.74) is -4.63. The summed E-state index contributed by atoms with van der Waals surface area (Å²) >= 11 is 0. The number of hydrogen-bond donors (Lipinski definition) is 3. The molecule has 1 saturated carbocycles. The maximum atomic E-state index is 12.5. The van der Waals surface area contributed by atoms with Gasteiger partial charge in [0.15, 0.2) is 17.3 Å². The summed E-state index contributed by atoms with van der Waals surface area (Å²) in [6.45, 7) is 8.95. The Balaban J connectivity index is 2.23. The van der Waals surface area contributed by atoms with Gasteiger partial charge in [-0.15, -0.1) is 0 Å². The molecule has 0 unspecified atom stereocenters. The zero-order chi connectivity index (χ0) is 23.5. The van der Waals surface area contributed by atoms with Gasteiger partial charge >= 0.3 is 17.9 Å². The topological polar surface area (TPSA) is 140 Å². The smallest absolute Gasteiger partial charge is 0.341 e. The molecule has 1 heterocycles. The number of fused-ring (bicyclic) bond motifs is 3. The van der Waals surface area contributed by atoms with Gasteiger partial charge in [-0.3, -0.25) is 4.79 Å². The lowest BCUT2D eigenvalue weighted by molar-refractivity contribution is -0.207. The van der Waals surface area contributed by atoms with Crippen LogP contribution in [0.25, 0.3) is 0 Å². The molecule has 3 aliphatic rings. The van der Waals surface area contributed by atoms with Gasteiger partial charge in [0.05, 0.1) is 6.10 Å². The van der Waals surface area contributed by atoms with E-state index in [2.05, 4.69) is 0 Å². The highest BCUT2D eigenvalue weighted by molar-refractivity contribution is 5.86. The Morgan fingerprint density at radius 2 is 1.81 bits per heavy atom. The number of esters is 3. The van der Waals surface area contributed by atoms with Gasteiger partial charge in [-0.25, -0.2) is 9.59 Å². The summed E-state index contributed by atoms with van der Waals surface area (Å²) in [4.78, 5) is 37.0. The highest BCUT2D eigenvalue weighted by Crippen LogP contribution is 2.56. The quantitative estimate of drug-likeness (QED) is 0.251. The van der Waals surface area contributed by atoms with Crippen LogP contribution in [-0.4, -0.2) is 68.3 Å². The first kappa shape index (κ1) is 23.4. The molecule has 0 bridgehead atoms. The van der Waals surface area contributed by atoms with Crippen LogP contribution in [0.5, 0.6) is 0 Å². The van der Waals surface area contributed by atoms with Gasteiger partial charge in [0.25, 0.3) is 0 Å². The third-order valence-electron chi connectivity index (χ3n) is 6.73. The molecule has 7 atom stereocenters. The SMILES string of the molecule is CC(=O)O[C@@]1(C)C[C@H](OC(=O)C=C(C)C)[C@@]2(O)[C@@H](OC(=O)[C@@]2(C)O)C2=C(C)[C@H](O)C[C@@H]21. The van der Waals surface area contributed by atoms with Crippen molar-refractivity contribution in [3.63, 3.8) is 0 Å². The van der Waals surface area contributed by atoms with Crippen molar-refractivity contribution in [1.82, 2.24) is 0 Å². The average Bonchev–Trinajstić information content (AvgIpc) is 2.97. The maximum Gasteiger partial charge on any atom is 0.341 e. The standard InChI is InChI=1S/C22H30O9/c1-10(2)7-16(25)29-15-9-20(5,31-12(4)23)13-8-14(24)11(3)17(13)18-22(15,28)21(6,27)19(26)30-18/h7,13-15,18,24,27-28H,8-9H2,1-6H3/t13-,14+,15-,18-,20-,21+,22+/m0/s1. The van der Waals surface area contributed by atoms with E-state index in [1.54, 1.807) is 27.7 Å². The fourth-order valence-electron chi connectivity index (χ4n) is 5.12. The minimum Gasteiger partial charge on any atom is -0.459 e. The third kappa shape index (κ3) is 3.48. The van der Waals surface area contributed by atoms with E-state index in [1.807, 2.05) is 0 Å². The molecule has 0 aromatic rings. The highest BCUT2D eigenvalue weighted by atomic mass is 16.6. The lowest BCUT2D eigenvalue weighted by Gasteiger charge is -2.40. The van der Waals surface area contributed by atoms with Crippen LogP contribution in [0.15, 0.2) is 22.8 Å². The van der Waals surface area contributed by atoms with Gasteiger partial charge in [0.1, 0.15) is 11.7 Å². The summed E-state index contributed by atoms with van der Waals surface area (Å²) < 4.78 is 16.6. The van der Waals surface area contributed by atoms with Crippen LogP contribution in [0, 0.1) is 5.92 Å². The fraction of sp³-hybridized carbons (Fsp3) is 0.682. The lowest BCUT2D eigenvalue weighted by atomic mass is 9.75. The van der Waals surface area contributed by atoms with Crippen LogP contribution in [-0.2, 0) is 28.6 Å². The van der Waals surface area contributed by atoms with Gasteiger partial charge in [-0.05, 0) is 52.2 Å². The Kier molecular flexibility index (Phi) is 5.61. The molecule has 1 aliphatic heterocycles. The lowest BCUT2D eigenvalue weighted by Crippen LogP contribution is -2.64. The molecule has 1 saturated heterocycles. The van der Waals surface area contributed by atoms with Crippen molar-refractivity contribution >= 4 is 17.9 Å². The molecule has 0 amide bonds. The summed E-state index contributed by atoms with van der Waals surface area (Å²) in [6.07, 6.45) is -2.59. The van der Waals surface area contributed by atoms with Crippen molar-refractivity contribution < 1.29 is 43.9 Å². The highest BCUT2D eigenvalue weighted by Gasteiger charge is 2.74. The molecule has 31 heavy (non-hydrogen) atoms. The summed E-state index contributed by atoms with van der Waals surface area (Å²) in [5, 5.41) is 33.3. The molecule has 0 radical (unpaired) electrons. The first-order valence-corrected chi connectivity index (χ1v) is 10.2. The summed E-state index contributed by atoms with van der Waals surface area (Å²) in [7, 11) is 0. The Bertz CT molecular complexity index is 881. The van der Waals surface area contributed by atoms with Crippen LogP contribution in [0.4, 0.5) is 0 Å². The average molecular weight is 438 g/mol. The molecule has 2 fully saturated rings. The van der Waals surface area contributed by atoms with Gasteiger partial charge in [0.2, 0.25) is 0 Å². The number of allylic oxidation sites excluding steroid dienone is 1. The Morgan fingerprint density at radius 1 is 1.19 bits per heavy atom. The zero-order valence-corrected chi connectivity index (χ0v) is 18.6. The van der Waals surface area contributed by atoms with E-state index < -0.39 is 58.9 Å². The summed E-state index contributed by atoms with van der Waals surface area (Å²) in [6, 6.07) is 0. The predicted octanol–water partition coefficient (Wildman–Crippen LogP) is 0.695. The number of carbonyl (C=O) groups excluding carboxylic acids is 3. The Labute approximate surface area is 180 Å². The second-order valence-electron chi connectivity index (χ2n) is 9.38. The molecular formula is C22H30O9. The van der Waals surface area contributed by atoms with Crippen LogP contribution < -0.4 is 0 Å². The van der Waals surface area contributed by atoms with E-state index in [0.717, 1.165) is 6.92 Å². The number of hydrogen-bond acceptors (Lipinski definition) is 9. The Morgan fingerprint density at radius 3 is 2.35 bits per heavy atom. The van der Waals surface area contributed by atoms with Crippen LogP contribution in [0.1, 0.15) is 54.4 Å². The van der Waals surface area contributed by atoms with Crippen molar-refractivity contribution in [2.45, 2.75) is 89.5 Å². The number of carbonyl (C=O) groups is 3. The van der Waals surface area contributed by atoms with Gasteiger partial charge in [0, 0.05) is 25.3 Å². The predicted molar refractivity (Wildman–Crippen MR) is 106 cm³/mol. The number of aliphatic hydroxyl groups excluding tert-OH is 1. The van der Waals surface area contributed by atoms with Crippen molar-refractivity contribution in [3.8, 4) is 0 Å². The number of aliphatic hydroxyl groups is 3. The zero-order valence-electron chi connectivity index (χ0n) is 18.6. The first-order chi connectivity index (χ1) is 14.1. The molecule has 0 spiro atoms. The van der Waals surface area contributed by atoms with Gasteiger partial charge < -0.3 is 29.5 Å². The molecule has 172 valence electrons. The monoisotopic (exact) mass is 438 g/mol. The van der Waals surface area contributed by atoms with E-state index in [9.17, 15) is 29.7 Å². The number of ether oxygens (including phenoxy) is 3. The second-order valence-corrected chi connectivity index (χ2v) is 9.38. The first-order valence-electron chi connectivity index (χ1n) is 10.2. The molecule has 9 nitrogen and oxygen atoms in total. The van der Waals surface area contributed by atoms with Crippen LogP contribution >= 0.6 is 0 Å². The van der Waals surface area contributed by atoms with E-state index in [-0.39, 0.29) is 12.8 Å². The molecule has 2 aliphatic carbocycles. The molecule has 9 heteroatoms. The van der Waals surface area contributed by atoms with E-state index in [4.69, 9.17) is 14.2 Å². The minimum atomic E-state index is -2.42. The molecular weight excluding hydrogens is 408 g/mol. The number of rotatable bonds is 3. The maximum absolute atomic E-state index is 12.5. The Hall–Kier alpha value is -2.23. The minimum absolute atomic E-state index is 0.159. The van der Waals surface area contributed by atoms with Crippen LogP contribution in [0.3, 0.4) is 0 Å². The summed E-state index contributed by atoms with van der Waals surface area (Å²) in [5.74, 6) is -3.08. The normalized spacial score (nSPS) is 41.6.